The Bertz CT molecular complexity index is 955. The lowest BCUT2D eigenvalue weighted by Gasteiger charge is -2.09. The van der Waals surface area contributed by atoms with E-state index in [9.17, 15) is 8.42 Å². The van der Waals surface area contributed by atoms with Crippen LogP contribution >= 0.6 is 11.6 Å². The SMILES string of the molecule is Cc1cc(Nc2ccc(NS(=O)(=O)c3ccccc3Cl)cn2)no1. The van der Waals surface area contributed by atoms with Gasteiger partial charge in [-0.3, -0.25) is 4.72 Å². The molecule has 3 rings (SSSR count). The third-order valence-corrected chi connectivity index (χ3v) is 4.91. The van der Waals surface area contributed by atoms with E-state index in [0.717, 1.165) is 0 Å². The number of rotatable bonds is 5. The monoisotopic (exact) mass is 364 g/mol. The van der Waals surface area contributed by atoms with Crippen molar-refractivity contribution in [3.05, 3.63) is 59.4 Å². The Morgan fingerprint density at radius 1 is 1.12 bits per heavy atom. The number of hydrogen-bond acceptors (Lipinski definition) is 6. The molecule has 2 N–H and O–H groups in total. The summed E-state index contributed by atoms with van der Waals surface area (Å²) in [6.45, 7) is 1.78. The third kappa shape index (κ3) is 3.66. The molecular weight excluding hydrogens is 352 g/mol. The number of aromatic nitrogens is 2. The van der Waals surface area contributed by atoms with Crippen molar-refractivity contribution < 1.29 is 12.9 Å². The summed E-state index contributed by atoms with van der Waals surface area (Å²) in [5, 5.41) is 6.88. The fourth-order valence-electron chi connectivity index (χ4n) is 1.96. The van der Waals surface area contributed by atoms with Gasteiger partial charge in [0, 0.05) is 6.07 Å². The first-order valence-electron chi connectivity index (χ1n) is 6.88. The molecule has 9 heteroatoms. The maximum Gasteiger partial charge on any atom is 0.263 e. The van der Waals surface area contributed by atoms with Crippen molar-refractivity contribution in [2.45, 2.75) is 11.8 Å². The van der Waals surface area contributed by atoms with Crippen LogP contribution in [0.2, 0.25) is 5.02 Å². The van der Waals surface area contributed by atoms with E-state index in [1.165, 1.54) is 18.3 Å². The lowest BCUT2D eigenvalue weighted by Crippen LogP contribution is -2.13. The minimum absolute atomic E-state index is 0.00643. The van der Waals surface area contributed by atoms with E-state index >= 15 is 0 Å². The highest BCUT2D eigenvalue weighted by Gasteiger charge is 2.17. The number of sulfonamides is 1. The van der Waals surface area contributed by atoms with Crippen LogP contribution in [0.4, 0.5) is 17.3 Å². The van der Waals surface area contributed by atoms with Crippen LogP contribution in [-0.2, 0) is 10.0 Å². The number of hydrogen-bond donors (Lipinski definition) is 2. The molecule has 0 amide bonds. The maximum absolute atomic E-state index is 12.3. The molecule has 3 aromatic rings. The zero-order valence-corrected chi connectivity index (χ0v) is 14.1. The van der Waals surface area contributed by atoms with E-state index in [0.29, 0.717) is 23.1 Å². The molecule has 0 bridgehead atoms. The first-order chi connectivity index (χ1) is 11.4. The molecule has 7 nitrogen and oxygen atoms in total. The van der Waals surface area contributed by atoms with Crippen molar-refractivity contribution >= 4 is 38.9 Å². The predicted molar refractivity (Wildman–Crippen MR) is 91.0 cm³/mol. The van der Waals surface area contributed by atoms with Crippen molar-refractivity contribution in [3.8, 4) is 0 Å². The van der Waals surface area contributed by atoms with Crippen molar-refractivity contribution in [2.24, 2.45) is 0 Å². The fourth-order valence-corrected chi connectivity index (χ4v) is 3.52. The van der Waals surface area contributed by atoms with Crippen LogP contribution in [0.15, 0.2) is 58.1 Å². The molecule has 0 aliphatic carbocycles. The van der Waals surface area contributed by atoms with Gasteiger partial charge in [0.2, 0.25) is 0 Å². The summed E-state index contributed by atoms with van der Waals surface area (Å²) < 4.78 is 32.1. The van der Waals surface area contributed by atoms with Crippen molar-refractivity contribution in [3.63, 3.8) is 0 Å². The predicted octanol–water partition coefficient (Wildman–Crippen LogP) is 3.58. The summed E-state index contributed by atoms with van der Waals surface area (Å²) in [7, 11) is -3.78. The molecule has 0 unspecified atom stereocenters. The molecule has 0 saturated carbocycles. The largest absolute Gasteiger partial charge is 0.360 e. The highest BCUT2D eigenvalue weighted by Crippen LogP contribution is 2.23. The highest BCUT2D eigenvalue weighted by atomic mass is 35.5. The molecule has 0 spiro atoms. The zero-order valence-electron chi connectivity index (χ0n) is 12.5. The second kappa shape index (κ2) is 6.50. The lowest BCUT2D eigenvalue weighted by molar-refractivity contribution is 0.400. The Morgan fingerprint density at radius 2 is 1.92 bits per heavy atom. The van der Waals surface area contributed by atoms with Gasteiger partial charge in [-0.25, -0.2) is 13.4 Å². The quantitative estimate of drug-likeness (QED) is 0.718. The van der Waals surface area contributed by atoms with Gasteiger partial charge >= 0.3 is 0 Å². The summed E-state index contributed by atoms with van der Waals surface area (Å²) >= 11 is 5.93. The van der Waals surface area contributed by atoms with Gasteiger partial charge < -0.3 is 9.84 Å². The smallest absolute Gasteiger partial charge is 0.263 e. The normalized spacial score (nSPS) is 11.2. The van der Waals surface area contributed by atoms with Crippen LogP contribution in [0.25, 0.3) is 0 Å². The second-order valence-electron chi connectivity index (χ2n) is 4.92. The molecule has 0 atom stereocenters. The summed E-state index contributed by atoms with van der Waals surface area (Å²) in [6.07, 6.45) is 1.39. The Hall–Kier alpha value is -2.58. The van der Waals surface area contributed by atoms with Crippen molar-refractivity contribution in [2.75, 3.05) is 10.0 Å². The van der Waals surface area contributed by atoms with Gasteiger partial charge in [0.25, 0.3) is 10.0 Å². The van der Waals surface area contributed by atoms with Gasteiger partial charge in [0.1, 0.15) is 16.5 Å². The van der Waals surface area contributed by atoms with Crippen LogP contribution < -0.4 is 10.0 Å². The fraction of sp³-hybridized carbons (Fsp3) is 0.0667. The number of pyridine rings is 1. The first kappa shape index (κ1) is 16.3. The van der Waals surface area contributed by atoms with E-state index < -0.39 is 10.0 Å². The molecule has 124 valence electrons. The standard InChI is InChI=1S/C15H13ClN4O3S/c1-10-8-15(19-23-10)18-14-7-6-11(9-17-14)20-24(21,22)13-5-3-2-4-12(13)16/h2-9,20H,1H3,(H,17,18,19). The molecule has 0 radical (unpaired) electrons. The van der Waals surface area contributed by atoms with Gasteiger partial charge in [-0.1, -0.05) is 28.9 Å². The highest BCUT2D eigenvalue weighted by molar-refractivity contribution is 7.92. The van der Waals surface area contributed by atoms with Crippen LogP contribution in [0.3, 0.4) is 0 Å². The lowest BCUT2D eigenvalue weighted by atomic mass is 10.4. The summed E-state index contributed by atoms with van der Waals surface area (Å²) in [6, 6.07) is 11.1. The number of halogens is 1. The molecular formula is C15H13ClN4O3S. The summed E-state index contributed by atoms with van der Waals surface area (Å²) in [4.78, 5) is 4.14. The third-order valence-electron chi connectivity index (χ3n) is 3.03. The van der Waals surface area contributed by atoms with Gasteiger partial charge in [-0.05, 0) is 31.2 Å². The molecule has 1 aromatic carbocycles. The maximum atomic E-state index is 12.3. The number of aryl methyl sites for hydroxylation is 1. The van der Waals surface area contributed by atoms with Crippen LogP contribution in [-0.4, -0.2) is 18.6 Å². The topological polar surface area (TPSA) is 97.1 Å². The Morgan fingerprint density at radius 3 is 2.54 bits per heavy atom. The number of nitrogens with zero attached hydrogens (tertiary/aromatic N) is 2. The zero-order chi connectivity index (χ0) is 17.2. The van der Waals surface area contributed by atoms with Gasteiger partial charge in [0.05, 0.1) is 16.9 Å². The average molecular weight is 365 g/mol. The number of anilines is 3. The Balaban J connectivity index is 1.75. The van der Waals surface area contributed by atoms with E-state index in [4.69, 9.17) is 16.1 Å². The first-order valence-corrected chi connectivity index (χ1v) is 8.74. The minimum Gasteiger partial charge on any atom is -0.360 e. The molecule has 2 heterocycles. The van der Waals surface area contributed by atoms with Gasteiger partial charge in [-0.15, -0.1) is 0 Å². The average Bonchev–Trinajstić information content (AvgIpc) is 2.94. The van der Waals surface area contributed by atoms with E-state index in [1.807, 2.05) is 0 Å². The number of benzene rings is 1. The molecule has 0 aliphatic heterocycles. The molecule has 24 heavy (non-hydrogen) atoms. The van der Waals surface area contributed by atoms with Crippen molar-refractivity contribution in [1.29, 1.82) is 0 Å². The van der Waals surface area contributed by atoms with E-state index in [-0.39, 0.29) is 9.92 Å². The summed E-state index contributed by atoms with van der Waals surface area (Å²) in [5.74, 6) is 1.69. The number of nitrogens with one attached hydrogen (secondary N) is 2. The van der Waals surface area contributed by atoms with Crippen LogP contribution in [0.1, 0.15) is 5.76 Å². The Kier molecular flexibility index (Phi) is 4.41. The van der Waals surface area contributed by atoms with Gasteiger partial charge in [0.15, 0.2) is 5.82 Å². The van der Waals surface area contributed by atoms with Gasteiger partial charge in [-0.2, -0.15) is 0 Å². The molecule has 0 aliphatic rings. The second-order valence-corrected chi connectivity index (χ2v) is 6.97. The van der Waals surface area contributed by atoms with E-state index in [1.54, 1.807) is 37.3 Å². The Labute approximate surface area is 143 Å². The van der Waals surface area contributed by atoms with E-state index in [2.05, 4.69) is 20.2 Å². The molecule has 0 saturated heterocycles. The minimum atomic E-state index is -3.78. The van der Waals surface area contributed by atoms with Crippen molar-refractivity contribution in [1.82, 2.24) is 10.1 Å². The summed E-state index contributed by atoms with van der Waals surface area (Å²) in [5.41, 5.74) is 0.316. The molecule has 2 aromatic heterocycles. The van der Waals surface area contributed by atoms with Crippen LogP contribution in [0.5, 0.6) is 0 Å². The molecule has 0 fully saturated rings. The van der Waals surface area contributed by atoms with Crippen LogP contribution in [0, 0.1) is 6.92 Å².